The largest absolute Gasteiger partial charge is 0.356 e. The number of likely N-dealkylation sites (tertiary alicyclic amines) is 1. The number of carbonyl (C=O) groups is 2. The smallest absolute Gasteiger partial charge is 0.225 e. The van der Waals surface area contributed by atoms with Crippen LogP contribution in [0.3, 0.4) is 0 Å². The molecule has 0 radical (unpaired) electrons. The van der Waals surface area contributed by atoms with Crippen molar-refractivity contribution >= 4 is 11.8 Å². The lowest BCUT2D eigenvalue weighted by molar-refractivity contribution is -0.128. The Morgan fingerprint density at radius 3 is 2.86 bits per heavy atom. The van der Waals surface area contributed by atoms with Crippen LogP contribution in [0.25, 0.3) is 0 Å². The van der Waals surface area contributed by atoms with Crippen molar-refractivity contribution in [1.82, 2.24) is 15.2 Å². The molecule has 114 valence electrons. The predicted molar refractivity (Wildman–Crippen MR) is 80.5 cm³/mol. The van der Waals surface area contributed by atoms with Crippen molar-refractivity contribution in [1.29, 1.82) is 0 Å². The summed E-state index contributed by atoms with van der Waals surface area (Å²) in [6.07, 6.45) is 5.66. The molecule has 1 saturated heterocycles. The molecule has 0 aromatic carbocycles. The lowest BCUT2D eigenvalue weighted by Crippen LogP contribution is -2.47. The minimum absolute atomic E-state index is 0.0242. The van der Waals surface area contributed by atoms with E-state index in [-0.39, 0.29) is 17.7 Å². The Hall–Kier alpha value is -1.91. The molecule has 21 heavy (non-hydrogen) atoms. The fraction of sp³-hybridized carbons (Fsp3) is 0.562. The molecule has 1 N–H and O–H groups in total. The van der Waals surface area contributed by atoms with Crippen molar-refractivity contribution in [3.63, 3.8) is 0 Å². The van der Waals surface area contributed by atoms with E-state index in [1.807, 2.05) is 32.2 Å². The fourth-order valence-corrected chi connectivity index (χ4v) is 2.70. The summed E-state index contributed by atoms with van der Waals surface area (Å²) >= 11 is 0. The summed E-state index contributed by atoms with van der Waals surface area (Å²) in [5, 5.41) is 2.95. The van der Waals surface area contributed by atoms with Gasteiger partial charge in [-0.25, -0.2) is 0 Å². The third-order valence-corrected chi connectivity index (χ3v) is 4.45. The highest BCUT2D eigenvalue weighted by molar-refractivity contribution is 5.90. The average molecular weight is 289 g/mol. The van der Waals surface area contributed by atoms with Crippen LogP contribution in [0.4, 0.5) is 0 Å². The molecule has 1 aromatic rings. The molecular formula is C16H23N3O2. The van der Waals surface area contributed by atoms with Crippen LogP contribution < -0.4 is 5.32 Å². The summed E-state index contributed by atoms with van der Waals surface area (Å²) in [7, 11) is 1.76. The molecule has 0 saturated carbocycles. The Morgan fingerprint density at radius 2 is 2.29 bits per heavy atom. The van der Waals surface area contributed by atoms with Gasteiger partial charge in [0.05, 0.1) is 5.92 Å². The van der Waals surface area contributed by atoms with Crippen LogP contribution in [-0.4, -0.2) is 40.8 Å². The highest BCUT2D eigenvalue weighted by Crippen LogP contribution is 2.34. The number of nitrogens with zero attached hydrogens (tertiary/aromatic N) is 2. The molecule has 1 fully saturated rings. The SMILES string of the molecule is CN1C(=O)CC(C(=O)NCCCc2cccnc2)C1(C)C. The number of hydrogen-bond donors (Lipinski definition) is 1. The van der Waals surface area contributed by atoms with E-state index < -0.39 is 5.54 Å². The van der Waals surface area contributed by atoms with E-state index in [1.165, 1.54) is 5.56 Å². The van der Waals surface area contributed by atoms with Gasteiger partial charge in [0, 0.05) is 37.9 Å². The molecule has 2 rings (SSSR count). The van der Waals surface area contributed by atoms with Gasteiger partial charge in [0.2, 0.25) is 11.8 Å². The van der Waals surface area contributed by atoms with Crippen LogP contribution in [0.1, 0.15) is 32.3 Å². The van der Waals surface area contributed by atoms with Crippen molar-refractivity contribution in [3.05, 3.63) is 30.1 Å². The second kappa shape index (κ2) is 6.24. The summed E-state index contributed by atoms with van der Waals surface area (Å²) < 4.78 is 0. The first-order valence-corrected chi connectivity index (χ1v) is 7.36. The monoisotopic (exact) mass is 289 g/mol. The zero-order chi connectivity index (χ0) is 15.5. The van der Waals surface area contributed by atoms with Gasteiger partial charge in [-0.05, 0) is 38.3 Å². The quantitative estimate of drug-likeness (QED) is 0.833. The van der Waals surface area contributed by atoms with Gasteiger partial charge in [0.1, 0.15) is 0 Å². The maximum absolute atomic E-state index is 12.3. The van der Waals surface area contributed by atoms with Crippen LogP contribution in [0.2, 0.25) is 0 Å². The van der Waals surface area contributed by atoms with Crippen molar-refractivity contribution in [2.75, 3.05) is 13.6 Å². The van der Waals surface area contributed by atoms with Crippen LogP contribution in [-0.2, 0) is 16.0 Å². The molecule has 0 aliphatic carbocycles. The molecule has 1 atom stereocenters. The molecule has 1 aliphatic heterocycles. The Kier molecular flexibility index (Phi) is 4.60. The molecule has 5 heteroatoms. The Balaban J connectivity index is 1.79. The number of rotatable bonds is 5. The highest BCUT2D eigenvalue weighted by atomic mass is 16.2. The minimum Gasteiger partial charge on any atom is -0.356 e. The van der Waals surface area contributed by atoms with Gasteiger partial charge >= 0.3 is 0 Å². The van der Waals surface area contributed by atoms with Gasteiger partial charge < -0.3 is 10.2 Å². The summed E-state index contributed by atoms with van der Waals surface area (Å²) in [5.41, 5.74) is 0.757. The van der Waals surface area contributed by atoms with E-state index >= 15 is 0 Å². The lowest BCUT2D eigenvalue weighted by atomic mass is 9.88. The number of pyridine rings is 1. The lowest BCUT2D eigenvalue weighted by Gasteiger charge is -2.32. The molecule has 1 unspecified atom stereocenters. The standard InChI is InChI=1S/C16H23N3O2/c1-16(2)13(10-14(20)19(16)3)15(21)18-9-5-7-12-6-4-8-17-11-12/h4,6,8,11,13H,5,7,9-10H2,1-3H3,(H,18,21). The van der Waals surface area contributed by atoms with Gasteiger partial charge in [0.15, 0.2) is 0 Å². The van der Waals surface area contributed by atoms with Crippen LogP contribution >= 0.6 is 0 Å². The number of hydrogen-bond acceptors (Lipinski definition) is 3. The fourth-order valence-electron chi connectivity index (χ4n) is 2.70. The first kappa shape index (κ1) is 15.5. The van der Waals surface area contributed by atoms with Crippen LogP contribution in [0, 0.1) is 5.92 Å². The van der Waals surface area contributed by atoms with E-state index in [2.05, 4.69) is 10.3 Å². The van der Waals surface area contributed by atoms with Crippen LogP contribution in [0.5, 0.6) is 0 Å². The number of carbonyl (C=O) groups excluding carboxylic acids is 2. The molecule has 1 aromatic heterocycles. The van der Waals surface area contributed by atoms with Gasteiger partial charge in [-0.1, -0.05) is 6.07 Å². The summed E-state index contributed by atoms with van der Waals surface area (Å²) in [6, 6.07) is 3.94. The summed E-state index contributed by atoms with van der Waals surface area (Å²) in [6.45, 7) is 4.51. The maximum atomic E-state index is 12.3. The Bertz CT molecular complexity index is 514. The Labute approximate surface area is 125 Å². The van der Waals surface area contributed by atoms with Gasteiger partial charge in [-0.2, -0.15) is 0 Å². The van der Waals surface area contributed by atoms with Gasteiger partial charge in [-0.15, -0.1) is 0 Å². The topological polar surface area (TPSA) is 62.3 Å². The van der Waals surface area contributed by atoms with Crippen molar-refractivity contribution < 1.29 is 9.59 Å². The third kappa shape index (κ3) is 3.40. The predicted octanol–water partition coefficient (Wildman–Crippen LogP) is 1.39. The third-order valence-electron chi connectivity index (χ3n) is 4.45. The maximum Gasteiger partial charge on any atom is 0.225 e. The molecular weight excluding hydrogens is 266 g/mol. The second-order valence-corrected chi connectivity index (χ2v) is 6.12. The number of nitrogens with one attached hydrogen (secondary N) is 1. The van der Waals surface area contributed by atoms with E-state index in [0.717, 1.165) is 12.8 Å². The first-order valence-electron chi connectivity index (χ1n) is 7.36. The average Bonchev–Trinajstić information content (AvgIpc) is 2.68. The van der Waals surface area contributed by atoms with Crippen LogP contribution in [0.15, 0.2) is 24.5 Å². The molecule has 5 nitrogen and oxygen atoms in total. The summed E-state index contributed by atoms with van der Waals surface area (Å²) in [5.74, 6) is -0.257. The molecule has 2 amide bonds. The molecule has 0 bridgehead atoms. The highest BCUT2D eigenvalue weighted by Gasteiger charge is 2.47. The Morgan fingerprint density at radius 1 is 1.52 bits per heavy atom. The van der Waals surface area contributed by atoms with Crippen molar-refractivity contribution in [3.8, 4) is 0 Å². The summed E-state index contributed by atoms with van der Waals surface area (Å²) in [4.78, 5) is 29.8. The second-order valence-electron chi connectivity index (χ2n) is 6.12. The number of amides is 2. The van der Waals surface area contributed by atoms with E-state index in [1.54, 1.807) is 18.1 Å². The van der Waals surface area contributed by atoms with E-state index in [4.69, 9.17) is 0 Å². The molecule has 2 heterocycles. The zero-order valence-electron chi connectivity index (χ0n) is 12.9. The van der Waals surface area contributed by atoms with Gasteiger partial charge in [-0.3, -0.25) is 14.6 Å². The van der Waals surface area contributed by atoms with Crippen molar-refractivity contribution in [2.24, 2.45) is 5.92 Å². The normalized spacial score (nSPS) is 20.6. The number of aromatic nitrogens is 1. The molecule has 0 spiro atoms. The number of aryl methyl sites for hydroxylation is 1. The van der Waals surface area contributed by atoms with Crippen molar-refractivity contribution in [2.45, 2.75) is 38.6 Å². The van der Waals surface area contributed by atoms with Gasteiger partial charge in [0.25, 0.3) is 0 Å². The van der Waals surface area contributed by atoms with E-state index in [9.17, 15) is 9.59 Å². The first-order chi connectivity index (χ1) is 9.93. The molecule has 1 aliphatic rings. The minimum atomic E-state index is -0.412. The van der Waals surface area contributed by atoms with E-state index in [0.29, 0.717) is 13.0 Å². The zero-order valence-corrected chi connectivity index (χ0v) is 12.9.